The molecule has 4 nitrogen and oxygen atoms in total. The van der Waals surface area contributed by atoms with Gasteiger partial charge in [0.25, 0.3) is 5.89 Å². The van der Waals surface area contributed by atoms with Crippen LogP contribution in [0.5, 0.6) is 0 Å². The first kappa shape index (κ1) is 14.6. The van der Waals surface area contributed by atoms with E-state index >= 15 is 0 Å². The zero-order valence-electron chi connectivity index (χ0n) is 11.7. The fourth-order valence-electron chi connectivity index (χ4n) is 1.67. The quantitative estimate of drug-likeness (QED) is 0.936. The molecule has 0 saturated heterocycles. The second-order valence-corrected chi connectivity index (χ2v) is 5.55. The molecule has 6 heteroatoms. The van der Waals surface area contributed by atoms with Crippen LogP contribution in [0.1, 0.15) is 26.7 Å². The van der Waals surface area contributed by atoms with Gasteiger partial charge in [0.15, 0.2) is 0 Å². The lowest BCUT2D eigenvalue weighted by Gasteiger charge is -2.19. The maximum Gasteiger partial charge on any atom is 0.250 e. The highest BCUT2D eigenvalue weighted by atomic mass is 19.1. The highest BCUT2D eigenvalue weighted by Gasteiger charge is 2.15. The van der Waals surface area contributed by atoms with Crippen molar-refractivity contribution in [3.8, 4) is 11.5 Å². The third-order valence-corrected chi connectivity index (χ3v) is 2.62. The van der Waals surface area contributed by atoms with E-state index in [0.29, 0.717) is 18.9 Å². The van der Waals surface area contributed by atoms with Crippen LogP contribution >= 0.6 is 0 Å². The zero-order valence-corrected chi connectivity index (χ0v) is 11.7. The average Bonchev–Trinajstić information content (AvgIpc) is 2.79. The Labute approximate surface area is 116 Å². The summed E-state index contributed by atoms with van der Waals surface area (Å²) in [4.78, 5) is 0. The number of hydrogen-bond donors (Lipinski definition) is 1. The van der Waals surface area contributed by atoms with Gasteiger partial charge in [0.05, 0.1) is 5.56 Å². The molecule has 2 rings (SSSR count). The standard InChI is InChI=1S/C14H17F2N3O/c1-14(2,3)17-7-6-12-18-19-13(20-12)10-8-9(15)4-5-11(10)16/h4-5,8,17H,6-7H2,1-3H3. The number of halogens is 2. The lowest BCUT2D eigenvalue weighted by molar-refractivity contribution is 0.411. The summed E-state index contributed by atoms with van der Waals surface area (Å²) in [7, 11) is 0. The Morgan fingerprint density at radius 1 is 1.20 bits per heavy atom. The molecule has 0 saturated carbocycles. The van der Waals surface area contributed by atoms with Crippen molar-refractivity contribution in [2.75, 3.05) is 6.54 Å². The molecule has 1 aromatic heterocycles. The minimum Gasteiger partial charge on any atom is -0.421 e. The van der Waals surface area contributed by atoms with Crippen LogP contribution in [-0.4, -0.2) is 22.3 Å². The second-order valence-electron chi connectivity index (χ2n) is 5.55. The van der Waals surface area contributed by atoms with E-state index in [1.54, 1.807) is 0 Å². The van der Waals surface area contributed by atoms with Gasteiger partial charge in [-0.1, -0.05) is 0 Å². The van der Waals surface area contributed by atoms with Crippen molar-refractivity contribution in [2.24, 2.45) is 0 Å². The number of nitrogens with one attached hydrogen (secondary N) is 1. The molecule has 0 bridgehead atoms. The smallest absolute Gasteiger partial charge is 0.250 e. The molecule has 0 aliphatic rings. The van der Waals surface area contributed by atoms with E-state index in [1.165, 1.54) is 0 Å². The SMILES string of the molecule is CC(C)(C)NCCc1nnc(-c2cc(F)ccc2F)o1. The molecule has 20 heavy (non-hydrogen) atoms. The van der Waals surface area contributed by atoms with Gasteiger partial charge in [-0.3, -0.25) is 0 Å². The molecule has 0 spiro atoms. The van der Waals surface area contributed by atoms with Gasteiger partial charge < -0.3 is 9.73 Å². The molecular formula is C14H17F2N3O. The Balaban J connectivity index is 2.07. The van der Waals surface area contributed by atoms with Gasteiger partial charge in [0.2, 0.25) is 5.89 Å². The normalized spacial score (nSPS) is 11.8. The average molecular weight is 281 g/mol. The van der Waals surface area contributed by atoms with Crippen LogP contribution in [0.2, 0.25) is 0 Å². The highest BCUT2D eigenvalue weighted by molar-refractivity contribution is 5.53. The fourth-order valence-corrected chi connectivity index (χ4v) is 1.67. The molecule has 0 atom stereocenters. The monoisotopic (exact) mass is 281 g/mol. The number of rotatable bonds is 4. The molecule has 0 radical (unpaired) electrons. The third kappa shape index (κ3) is 3.84. The number of hydrogen-bond acceptors (Lipinski definition) is 4. The minimum atomic E-state index is -0.589. The Bertz CT molecular complexity index is 590. The van der Waals surface area contributed by atoms with E-state index in [4.69, 9.17) is 4.42 Å². The summed E-state index contributed by atoms with van der Waals surface area (Å²) in [5.74, 6) is -0.752. The molecule has 1 aromatic carbocycles. The maximum absolute atomic E-state index is 13.6. The summed E-state index contributed by atoms with van der Waals surface area (Å²) >= 11 is 0. The number of benzene rings is 1. The molecule has 0 fully saturated rings. The van der Waals surface area contributed by atoms with Gasteiger partial charge in [-0.25, -0.2) is 8.78 Å². The van der Waals surface area contributed by atoms with Gasteiger partial charge in [-0.15, -0.1) is 10.2 Å². The molecule has 1 heterocycles. The molecule has 108 valence electrons. The predicted molar refractivity (Wildman–Crippen MR) is 71.1 cm³/mol. The van der Waals surface area contributed by atoms with Crippen LogP contribution in [0, 0.1) is 11.6 Å². The first-order valence-electron chi connectivity index (χ1n) is 6.38. The van der Waals surface area contributed by atoms with Crippen LogP contribution in [0.3, 0.4) is 0 Å². The number of nitrogens with zero attached hydrogens (tertiary/aromatic N) is 2. The van der Waals surface area contributed by atoms with Crippen molar-refractivity contribution in [1.82, 2.24) is 15.5 Å². The fraction of sp³-hybridized carbons (Fsp3) is 0.429. The summed E-state index contributed by atoms with van der Waals surface area (Å²) in [6.07, 6.45) is 0.529. The predicted octanol–water partition coefficient (Wildman–Crippen LogP) is 2.95. The summed E-state index contributed by atoms with van der Waals surface area (Å²) < 4.78 is 32.0. The number of aromatic nitrogens is 2. The third-order valence-electron chi connectivity index (χ3n) is 2.62. The van der Waals surface area contributed by atoms with Crippen LogP contribution < -0.4 is 5.32 Å². The molecule has 2 aromatic rings. The van der Waals surface area contributed by atoms with Crippen molar-refractivity contribution >= 4 is 0 Å². The summed E-state index contributed by atoms with van der Waals surface area (Å²) in [5.41, 5.74) is -0.0233. The van der Waals surface area contributed by atoms with Gasteiger partial charge in [-0.05, 0) is 39.0 Å². The van der Waals surface area contributed by atoms with Gasteiger partial charge in [-0.2, -0.15) is 0 Å². The molecule has 0 aliphatic heterocycles. The largest absolute Gasteiger partial charge is 0.421 e. The lowest BCUT2D eigenvalue weighted by atomic mass is 10.1. The summed E-state index contributed by atoms with van der Waals surface area (Å²) in [6, 6.07) is 3.12. The van der Waals surface area contributed by atoms with Gasteiger partial charge in [0.1, 0.15) is 11.6 Å². The zero-order chi connectivity index (χ0) is 14.8. The molecule has 0 amide bonds. The van der Waals surface area contributed by atoms with Crippen molar-refractivity contribution in [3.63, 3.8) is 0 Å². The Hall–Kier alpha value is -1.82. The molecule has 0 aliphatic carbocycles. The molecule has 0 unspecified atom stereocenters. The first-order chi connectivity index (χ1) is 9.35. The van der Waals surface area contributed by atoms with Crippen molar-refractivity contribution in [2.45, 2.75) is 32.7 Å². The van der Waals surface area contributed by atoms with Crippen LogP contribution in [0.25, 0.3) is 11.5 Å². The van der Waals surface area contributed by atoms with Gasteiger partial charge >= 0.3 is 0 Å². The van der Waals surface area contributed by atoms with Gasteiger partial charge in [0, 0.05) is 18.5 Å². The van der Waals surface area contributed by atoms with E-state index in [9.17, 15) is 8.78 Å². The van der Waals surface area contributed by atoms with Crippen molar-refractivity contribution in [3.05, 3.63) is 35.7 Å². The van der Waals surface area contributed by atoms with E-state index in [-0.39, 0.29) is 17.0 Å². The summed E-state index contributed by atoms with van der Waals surface area (Å²) in [5, 5.41) is 10.9. The van der Waals surface area contributed by atoms with Crippen molar-refractivity contribution < 1.29 is 13.2 Å². The van der Waals surface area contributed by atoms with E-state index in [0.717, 1.165) is 18.2 Å². The first-order valence-corrected chi connectivity index (χ1v) is 6.38. The van der Waals surface area contributed by atoms with Crippen LogP contribution in [0.4, 0.5) is 8.78 Å². The Morgan fingerprint density at radius 2 is 1.95 bits per heavy atom. The Kier molecular flexibility index (Phi) is 4.13. The maximum atomic E-state index is 13.6. The molecular weight excluding hydrogens is 264 g/mol. The van der Waals surface area contributed by atoms with E-state index < -0.39 is 11.6 Å². The summed E-state index contributed by atoms with van der Waals surface area (Å²) in [6.45, 7) is 6.81. The Morgan fingerprint density at radius 3 is 2.65 bits per heavy atom. The molecule has 1 N–H and O–H groups in total. The topological polar surface area (TPSA) is 51.0 Å². The lowest BCUT2D eigenvalue weighted by Crippen LogP contribution is -2.37. The van der Waals surface area contributed by atoms with Crippen LogP contribution in [-0.2, 0) is 6.42 Å². The second kappa shape index (κ2) is 5.66. The van der Waals surface area contributed by atoms with E-state index in [2.05, 4.69) is 15.5 Å². The van der Waals surface area contributed by atoms with Crippen LogP contribution in [0.15, 0.2) is 22.6 Å². The van der Waals surface area contributed by atoms with E-state index in [1.807, 2.05) is 20.8 Å². The minimum absolute atomic E-state index is 0.00246. The van der Waals surface area contributed by atoms with Crippen molar-refractivity contribution in [1.29, 1.82) is 0 Å². The highest BCUT2D eigenvalue weighted by Crippen LogP contribution is 2.22.